The highest BCUT2D eigenvalue weighted by atomic mass is 32.2. The van der Waals surface area contributed by atoms with Crippen LogP contribution in [0.1, 0.15) is 5.56 Å². The normalized spacial score (nSPS) is 18.2. The highest BCUT2D eigenvalue weighted by Crippen LogP contribution is 2.18. The lowest BCUT2D eigenvalue weighted by Crippen LogP contribution is -2.40. The maximum atomic E-state index is 12.2. The molecule has 1 aromatic carbocycles. The molecule has 1 fully saturated rings. The summed E-state index contributed by atoms with van der Waals surface area (Å²) in [5.41, 5.74) is 0.485. The Bertz CT molecular complexity index is 480. The Kier molecular flexibility index (Phi) is 3.78. The Morgan fingerprint density at radius 3 is 2.59 bits per heavy atom. The first-order chi connectivity index (χ1) is 8.14. The van der Waals surface area contributed by atoms with E-state index in [1.807, 2.05) is 0 Å². The molecule has 0 amide bonds. The lowest BCUT2D eigenvalue weighted by Gasteiger charge is -2.26. The van der Waals surface area contributed by atoms with Crippen LogP contribution in [0.5, 0.6) is 0 Å². The zero-order chi connectivity index (χ0) is 12.3. The molecule has 0 unspecified atom stereocenters. The molecule has 0 aromatic heterocycles. The van der Waals surface area contributed by atoms with E-state index in [1.165, 1.54) is 16.4 Å². The smallest absolute Gasteiger partial charge is 0.243 e. The van der Waals surface area contributed by atoms with Crippen LogP contribution in [-0.4, -0.2) is 39.0 Å². The predicted molar refractivity (Wildman–Crippen MR) is 60.4 cm³/mol. The van der Waals surface area contributed by atoms with Crippen LogP contribution in [0.4, 0.5) is 0 Å². The van der Waals surface area contributed by atoms with Crippen molar-refractivity contribution in [3.8, 4) is 0 Å². The third-order valence-electron chi connectivity index (χ3n) is 2.67. The highest BCUT2D eigenvalue weighted by molar-refractivity contribution is 7.89. The summed E-state index contributed by atoms with van der Waals surface area (Å²) in [5, 5.41) is 10.8. The van der Waals surface area contributed by atoms with E-state index < -0.39 is 16.6 Å². The molecule has 0 aliphatic carbocycles. The van der Waals surface area contributed by atoms with Crippen molar-refractivity contribution in [1.29, 1.82) is 0 Å². The molecule has 6 heteroatoms. The van der Waals surface area contributed by atoms with Crippen molar-refractivity contribution in [2.75, 3.05) is 26.3 Å². The lowest BCUT2D eigenvalue weighted by molar-refractivity contribution is 0.0730. The largest absolute Gasteiger partial charge is 0.379 e. The summed E-state index contributed by atoms with van der Waals surface area (Å²) in [5.74, 6) is 0. The second-order valence-electron chi connectivity index (χ2n) is 3.81. The van der Waals surface area contributed by atoms with E-state index in [0.29, 0.717) is 31.9 Å². The van der Waals surface area contributed by atoms with Crippen LogP contribution in [0.25, 0.3) is 0 Å². The minimum Gasteiger partial charge on any atom is -0.379 e. The van der Waals surface area contributed by atoms with Crippen LogP contribution in [0.2, 0.25) is 0 Å². The van der Waals surface area contributed by atoms with Crippen LogP contribution in [0, 0.1) is 0 Å². The number of nitrogens with zero attached hydrogens (tertiary/aromatic N) is 1. The van der Waals surface area contributed by atoms with Gasteiger partial charge in [-0.2, -0.15) is 4.31 Å². The van der Waals surface area contributed by atoms with Gasteiger partial charge in [0, 0.05) is 13.1 Å². The molecule has 1 aliphatic rings. The fourth-order valence-corrected chi connectivity index (χ4v) is 3.21. The van der Waals surface area contributed by atoms with E-state index in [4.69, 9.17) is 4.74 Å². The van der Waals surface area contributed by atoms with E-state index in [0.717, 1.165) is 0 Å². The van der Waals surface area contributed by atoms with E-state index in [-0.39, 0.29) is 4.90 Å². The van der Waals surface area contributed by atoms with Gasteiger partial charge in [0.2, 0.25) is 10.0 Å². The van der Waals surface area contributed by atoms with Crippen LogP contribution in [0.15, 0.2) is 29.2 Å². The minimum atomic E-state index is -3.48. The lowest BCUT2D eigenvalue weighted by atomic mass is 10.2. The summed E-state index contributed by atoms with van der Waals surface area (Å²) in [6, 6.07) is 6.19. The third kappa shape index (κ3) is 2.66. The molecule has 0 saturated carbocycles. The molecule has 1 aliphatic heterocycles. The van der Waals surface area contributed by atoms with Crippen LogP contribution >= 0.6 is 0 Å². The molecule has 0 spiro atoms. The van der Waals surface area contributed by atoms with Crippen molar-refractivity contribution >= 4 is 10.0 Å². The van der Waals surface area contributed by atoms with Crippen molar-refractivity contribution in [2.24, 2.45) is 0 Å². The topological polar surface area (TPSA) is 66.5 Å². The molecule has 0 atom stereocenters. The van der Waals surface area contributed by atoms with Gasteiger partial charge in [-0.3, -0.25) is 0 Å². The zero-order valence-corrected chi connectivity index (χ0v) is 10.1. The summed E-state index contributed by atoms with van der Waals surface area (Å²) >= 11 is 0. The van der Waals surface area contributed by atoms with Crippen LogP contribution in [0.3, 0.4) is 0 Å². The van der Waals surface area contributed by atoms with Gasteiger partial charge in [-0.1, -0.05) is 12.1 Å². The van der Waals surface area contributed by atoms with Crippen LogP contribution in [-0.2, 0) is 26.5 Å². The average Bonchev–Trinajstić information content (AvgIpc) is 2.40. The second-order valence-corrected chi connectivity index (χ2v) is 5.75. The first kappa shape index (κ1) is 12.5. The van der Waals surface area contributed by atoms with E-state index >= 15 is 0 Å². The maximum Gasteiger partial charge on any atom is 0.243 e. The maximum absolute atomic E-state index is 12.2. The van der Waals surface area contributed by atoms with Gasteiger partial charge in [0.25, 0.3) is 0 Å². The Morgan fingerprint density at radius 1 is 1.24 bits per heavy atom. The first-order valence-electron chi connectivity index (χ1n) is 5.39. The van der Waals surface area contributed by atoms with Gasteiger partial charge in [0.05, 0.1) is 18.1 Å². The molecule has 1 aromatic rings. The van der Waals surface area contributed by atoms with Crippen molar-refractivity contribution < 1.29 is 18.3 Å². The van der Waals surface area contributed by atoms with Crippen molar-refractivity contribution in [3.63, 3.8) is 0 Å². The molecule has 0 bridgehead atoms. The Balaban J connectivity index is 2.29. The predicted octanol–water partition coefficient (Wildman–Crippen LogP) is 0.638. The Labute approximate surface area is 101 Å². The van der Waals surface area contributed by atoms with Crippen molar-refractivity contribution in [3.05, 3.63) is 29.8 Å². The number of rotatable bonds is 3. The molecule has 1 radical (unpaired) electrons. The van der Waals surface area contributed by atoms with Gasteiger partial charge in [0.15, 0.2) is 0 Å². The molecule has 1 heterocycles. The molecule has 93 valence electrons. The van der Waals surface area contributed by atoms with E-state index in [2.05, 4.69) is 0 Å². The van der Waals surface area contributed by atoms with Gasteiger partial charge >= 0.3 is 0 Å². The molecular weight excluding hydrogens is 242 g/mol. The number of sulfonamides is 1. The summed E-state index contributed by atoms with van der Waals surface area (Å²) in [6.07, 6.45) is 0. The van der Waals surface area contributed by atoms with Gasteiger partial charge in [0.1, 0.15) is 6.61 Å². The molecular formula is C11H14NO4S. The summed E-state index contributed by atoms with van der Waals surface area (Å²) in [7, 11) is -3.48. The fraction of sp³-hybridized carbons (Fsp3) is 0.455. The monoisotopic (exact) mass is 256 g/mol. The molecule has 2 rings (SSSR count). The van der Waals surface area contributed by atoms with Gasteiger partial charge in [-0.15, -0.1) is 0 Å². The Morgan fingerprint density at radius 2 is 1.94 bits per heavy atom. The number of benzene rings is 1. The summed E-state index contributed by atoms with van der Waals surface area (Å²) < 4.78 is 31.0. The SMILES string of the molecule is [O]Cc1cccc(S(=O)(=O)N2CCOCC2)c1. The molecule has 17 heavy (non-hydrogen) atoms. The Hall–Kier alpha value is -0.950. The quantitative estimate of drug-likeness (QED) is 0.797. The highest BCUT2D eigenvalue weighted by Gasteiger charge is 2.26. The summed E-state index contributed by atoms with van der Waals surface area (Å²) in [4.78, 5) is 0.188. The average molecular weight is 256 g/mol. The zero-order valence-electron chi connectivity index (χ0n) is 9.33. The number of ether oxygens (including phenoxy) is 1. The third-order valence-corrected chi connectivity index (χ3v) is 4.57. The van der Waals surface area contributed by atoms with Crippen LogP contribution < -0.4 is 0 Å². The fourth-order valence-electron chi connectivity index (χ4n) is 1.73. The van der Waals surface area contributed by atoms with E-state index in [9.17, 15) is 13.5 Å². The van der Waals surface area contributed by atoms with E-state index in [1.54, 1.807) is 12.1 Å². The van der Waals surface area contributed by atoms with Crippen molar-refractivity contribution in [1.82, 2.24) is 4.31 Å². The van der Waals surface area contributed by atoms with Gasteiger partial charge < -0.3 is 4.74 Å². The number of hydrogen-bond acceptors (Lipinski definition) is 3. The molecule has 5 nitrogen and oxygen atoms in total. The summed E-state index contributed by atoms with van der Waals surface area (Å²) in [6.45, 7) is 1.15. The number of morpholine rings is 1. The standard InChI is InChI=1S/C11H14NO4S/c13-9-10-2-1-3-11(8-10)17(14,15)12-4-6-16-7-5-12/h1-3,8H,4-7,9H2. The van der Waals surface area contributed by atoms with Gasteiger partial charge in [-0.05, 0) is 17.7 Å². The second kappa shape index (κ2) is 5.14. The number of hydrogen-bond donors (Lipinski definition) is 0. The molecule has 1 saturated heterocycles. The molecule has 0 N–H and O–H groups in total. The van der Waals surface area contributed by atoms with Crippen molar-refractivity contribution in [2.45, 2.75) is 11.5 Å². The van der Waals surface area contributed by atoms with Gasteiger partial charge in [-0.25, -0.2) is 13.5 Å². The minimum absolute atomic E-state index is 0.188. The first-order valence-corrected chi connectivity index (χ1v) is 6.83.